The molecule has 3 aromatic carbocycles. The number of para-hydroxylation sites is 1. The van der Waals surface area contributed by atoms with Gasteiger partial charge in [-0.1, -0.05) is 18.2 Å². The van der Waals surface area contributed by atoms with Crippen LogP contribution in [-0.4, -0.2) is 36.3 Å². The van der Waals surface area contributed by atoms with E-state index in [0.717, 1.165) is 17.0 Å². The van der Waals surface area contributed by atoms with E-state index in [2.05, 4.69) is 5.10 Å². The van der Waals surface area contributed by atoms with E-state index in [1.54, 1.807) is 23.9 Å². The molecule has 0 aliphatic rings. The number of benzene rings is 3. The van der Waals surface area contributed by atoms with Crippen LogP contribution in [-0.2, 0) is 0 Å². The van der Waals surface area contributed by atoms with Crippen molar-refractivity contribution in [2.75, 3.05) is 14.2 Å². The first-order valence-electron chi connectivity index (χ1n) is 9.78. The Balaban J connectivity index is 1.72. The van der Waals surface area contributed by atoms with Crippen LogP contribution in [0.25, 0.3) is 16.9 Å². The Morgan fingerprint density at radius 3 is 2.28 bits per heavy atom. The van der Waals surface area contributed by atoms with Gasteiger partial charge in [0, 0.05) is 11.1 Å². The lowest BCUT2D eigenvalue weighted by Gasteiger charge is -2.08. The fourth-order valence-corrected chi connectivity index (χ4v) is 3.21. The zero-order valence-corrected chi connectivity index (χ0v) is 17.5. The highest BCUT2D eigenvalue weighted by atomic mass is 16.6. The Bertz CT molecular complexity index is 1250. The summed E-state index contributed by atoms with van der Waals surface area (Å²) in [6, 6.07) is 23.2. The van der Waals surface area contributed by atoms with Crippen LogP contribution in [0, 0.1) is 0 Å². The van der Waals surface area contributed by atoms with Crippen molar-refractivity contribution >= 4 is 12.3 Å². The fourth-order valence-electron chi connectivity index (χ4n) is 3.21. The molecule has 0 aliphatic carbocycles. The molecule has 0 unspecified atom stereocenters. The summed E-state index contributed by atoms with van der Waals surface area (Å²) < 4.78 is 17.7. The Morgan fingerprint density at radius 2 is 1.62 bits per heavy atom. The lowest BCUT2D eigenvalue weighted by molar-refractivity contribution is 0.0723. The normalized spacial score (nSPS) is 10.4. The van der Waals surface area contributed by atoms with Crippen LogP contribution in [0.2, 0.25) is 0 Å². The molecule has 4 aromatic rings. The second kappa shape index (κ2) is 9.18. The molecule has 0 aliphatic heterocycles. The van der Waals surface area contributed by atoms with Crippen molar-refractivity contribution in [3.05, 3.63) is 90.1 Å². The van der Waals surface area contributed by atoms with Crippen molar-refractivity contribution < 1.29 is 23.8 Å². The van der Waals surface area contributed by atoms with Crippen LogP contribution in [0.1, 0.15) is 20.8 Å². The van der Waals surface area contributed by atoms with Gasteiger partial charge in [-0.25, -0.2) is 9.48 Å². The molecule has 1 aromatic heterocycles. The van der Waals surface area contributed by atoms with Crippen LogP contribution in [0.15, 0.2) is 78.9 Å². The Hall–Kier alpha value is -4.39. The Morgan fingerprint density at radius 1 is 0.875 bits per heavy atom. The molecule has 0 saturated carbocycles. The molecule has 7 nitrogen and oxygen atoms in total. The van der Waals surface area contributed by atoms with Gasteiger partial charge in [0.05, 0.1) is 25.6 Å². The van der Waals surface area contributed by atoms with Crippen LogP contribution in [0.5, 0.6) is 17.2 Å². The van der Waals surface area contributed by atoms with E-state index in [4.69, 9.17) is 14.2 Å². The highest BCUT2D eigenvalue weighted by Crippen LogP contribution is 2.30. The highest BCUT2D eigenvalue weighted by Gasteiger charge is 2.20. The summed E-state index contributed by atoms with van der Waals surface area (Å²) in [5.41, 5.74) is 2.91. The van der Waals surface area contributed by atoms with Gasteiger partial charge in [0.25, 0.3) is 0 Å². The maximum Gasteiger partial charge on any atom is 0.364 e. The van der Waals surface area contributed by atoms with E-state index in [1.807, 2.05) is 54.6 Å². The molecular formula is C25H20N2O5. The van der Waals surface area contributed by atoms with E-state index in [1.165, 1.54) is 19.2 Å². The van der Waals surface area contributed by atoms with Gasteiger partial charge in [-0.15, -0.1) is 0 Å². The lowest BCUT2D eigenvalue weighted by Crippen LogP contribution is -2.11. The third-order valence-corrected chi connectivity index (χ3v) is 4.83. The van der Waals surface area contributed by atoms with Gasteiger partial charge in [0.15, 0.2) is 17.2 Å². The minimum Gasteiger partial charge on any atom is -0.497 e. The number of carbonyl (C=O) groups excluding carboxylic acids is 2. The van der Waals surface area contributed by atoms with Crippen molar-refractivity contribution in [2.45, 2.75) is 0 Å². The zero-order valence-electron chi connectivity index (χ0n) is 17.5. The SMILES string of the molecule is COc1ccc(-c2cc(C(=O)Oc3ccc(C=O)cc3OC)nn2-c2ccccc2)cc1. The lowest BCUT2D eigenvalue weighted by atomic mass is 10.1. The molecule has 0 amide bonds. The van der Waals surface area contributed by atoms with Gasteiger partial charge >= 0.3 is 5.97 Å². The third kappa shape index (κ3) is 4.22. The first-order valence-corrected chi connectivity index (χ1v) is 9.78. The van der Waals surface area contributed by atoms with Crippen molar-refractivity contribution in [3.8, 4) is 34.2 Å². The second-order valence-electron chi connectivity index (χ2n) is 6.81. The molecule has 7 heteroatoms. The molecule has 0 saturated heterocycles. The number of hydrogen-bond donors (Lipinski definition) is 0. The number of aromatic nitrogens is 2. The molecule has 0 radical (unpaired) electrons. The van der Waals surface area contributed by atoms with E-state index in [0.29, 0.717) is 17.5 Å². The van der Waals surface area contributed by atoms with Crippen molar-refractivity contribution in [1.29, 1.82) is 0 Å². The number of nitrogens with zero attached hydrogens (tertiary/aromatic N) is 2. The number of ether oxygens (including phenoxy) is 3. The average Bonchev–Trinajstić information content (AvgIpc) is 3.30. The summed E-state index contributed by atoms with van der Waals surface area (Å²) in [5, 5.41) is 4.50. The number of carbonyl (C=O) groups is 2. The standard InChI is InChI=1S/C25H20N2O5/c1-30-20-11-9-18(10-12-20)22-15-21(26-27(22)19-6-4-3-5-7-19)25(29)32-23-13-8-17(16-28)14-24(23)31-2/h3-16H,1-2H3. The second-order valence-corrected chi connectivity index (χ2v) is 6.81. The summed E-state index contributed by atoms with van der Waals surface area (Å²) >= 11 is 0. The third-order valence-electron chi connectivity index (χ3n) is 4.83. The van der Waals surface area contributed by atoms with Gasteiger partial charge in [0.1, 0.15) is 12.0 Å². The van der Waals surface area contributed by atoms with E-state index < -0.39 is 5.97 Å². The van der Waals surface area contributed by atoms with Crippen molar-refractivity contribution in [2.24, 2.45) is 0 Å². The minimum absolute atomic E-state index is 0.126. The van der Waals surface area contributed by atoms with Gasteiger partial charge in [-0.05, 0) is 60.7 Å². The zero-order chi connectivity index (χ0) is 22.5. The number of methoxy groups -OCH3 is 2. The summed E-state index contributed by atoms with van der Waals surface area (Å²) in [4.78, 5) is 23.9. The minimum atomic E-state index is -0.647. The molecule has 4 rings (SSSR count). The summed E-state index contributed by atoms with van der Waals surface area (Å²) in [6.45, 7) is 0. The maximum atomic E-state index is 12.9. The molecule has 0 atom stereocenters. The topological polar surface area (TPSA) is 79.7 Å². The van der Waals surface area contributed by atoms with E-state index in [-0.39, 0.29) is 17.2 Å². The van der Waals surface area contributed by atoms with Crippen LogP contribution in [0.3, 0.4) is 0 Å². The molecule has 1 heterocycles. The molecule has 0 spiro atoms. The summed E-state index contributed by atoms with van der Waals surface area (Å²) in [6.07, 6.45) is 0.691. The molecule has 0 fully saturated rings. The summed E-state index contributed by atoms with van der Waals surface area (Å²) in [5.74, 6) is 0.556. The Kier molecular flexibility index (Phi) is 5.98. The number of aldehydes is 1. The van der Waals surface area contributed by atoms with Crippen LogP contribution in [0.4, 0.5) is 0 Å². The molecule has 32 heavy (non-hydrogen) atoms. The largest absolute Gasteiger partial charge is 0.497 e. The average molecular weight is 428 g/mol. The number of hydrogen-bond acceptors (Lipinski definition) is 6. The first kappa shape index (κ1) is 20.9. The van der Waals surface area contributed by atoms with Gasteiger partial charge < -0.3 is 14.2 Å². The van der Waals surface area contributed by atoms with Gasteiger partial charge in [-0.3, -0.25) is 4.79 Å². The molecular weight excluding hydrogens is 408 g/mol. The smallest absolute Gasteiger partial charge is 0.364 e. The maximum absolute atomic E-state index is 12.9. The van der Waals surface area contributed by atoms with Crippen LogP contribution < -0.4 is 14.2 Å². The van der Waals surface area contributed by atoms with Gasteiger partial charge in [0.2, 0.25) is 0 Å². The number of rotatable bonds is 7. The predicted octanol–water partition coefficient (Wildman–Crippen LogP) is 4.59. The molecule has 0 bridgehead atoms. The first-order chi connectivity index (χ1) is 15.6. The van der Waals surface area contributed by atoms with E-state index >= 15 is 0 Å². The van der Waals surface area contributed by atoms with Gasteiger partial charge in [-0.2, -0.15) is 5.10 Å². The van der Waals surface area contributed by atoms with E-state index in [9.17, 15) is 9.59 Å². The quantitative estimate of drug-likeness (QED) is 0.243. The van der Waals surface area contributed by atoms with Crippen LogP contribution >= 0.6 is 0 Å². The van der Waals surface area contributed by atoms with Crippen molar-refractivity contribution in [3.63, 3.8) is 0 Å². The number of esters is 1. The molecule has 160 valence electrons. The predicted molar refractivity (Wildman–Crippen MR) is 119 cm³/mol. The summed E-state index contributed by atoms with van der Waals surface area (Å²) in [7, 11) is 3.04. The fraction of sp³-hybridized carbons (Fsp3) is 0.0800. The Labute approximate surface area is 184 Å². The highest BCUT2D eigenvalue weighted by molar-refractivity contribution is 5.91. The monoisotopic (exact) mass is 428 g/mol. The molecule has 0 N–H and O–H groups in total. The van der Waals surface area contributed by atoms with Crippen molar-refractivity contribution in [1.82, 2.24) is 9.78 Å².